The van der Waals surface area contributed by atoms with E-state index in [-0.39, 0.29) is 17.1 Å². The van der Waals surface area contributed by atoms with Crippen LogP contribution in [0, 0.1) is 6.92 Å². The molecule has 0 saturated heterocycles. The SMILES string of the molecule is Cc1nc2c3ccccc3nc(SCC(=O)NC(=O)c3ccc(OC(F)F)cc3)n2n1. The van der Waals surface area contributed by atoms with Crippen LogP contribution in [0.4, 0.5) is 8.78 Å². The van der Waals surface area contributed by atoms with E-state index < -0.39 is 18.4 Å². The van der Waals surface area contributed by atoms with Crippen LogP contribution >= 0.6 is 11.8 Å². The molecule has 8 nitrogen and oxygen atoms in total. The molecule has 11 heteroatoms. The van der Waals surface area contributed by atoms with Gasteiger partial charge < -0.3 is 4.74 Å². The van der Waals surface area contributed by atoms with E-state index >= 15 is 0 Å². The molecule has 0 bridgehead atoms. The van der Waals surface area contributed by atoms with Gasteiger partial charge in [0.1, 0.15) is 11.6 Å². The van der Waals surface area contributed by atoms with Crippen LogP contribution in [-0.4, -0.2) is 43.8 Å². The van der Waals surface area contributed by atoms with Gasteiger partial charge in [0.2, 0.25) is 5.91 Å². The smallest absolute Gasteiger partial charge is 0.387 e. The number of imide groups is 1. The van der Waals surface area contributed by atoms with Gasteiger partial charge in [0.25, 0.3) is 5.91 Å². The van der Waals surface area contributed by atoms with E-state index in [1.54, 1.807) is 11.4 Å². The molecule has 1 N–H and O–H groups in total. The predicted molar refractivity (Wildman–Crippen MR) is 109 cm³/mol. The van der Waals surface area contributed by atoms with Gasteiger partial charge in [-0.15, -0.1) is 5.10 Å². The summed E-state index contributed by atoms with van der Waals surface area (Å²) in [5, 5.41) is 7.90. The number of halogens is 2. The Morgan fingerprint density at radius 1 is 1.13 bits per heavy atom. The predicted octanol–water partition coefficient (Wildman–Crippen LogP) is 3.24. The van der Waals surface area contributed by atoms with Crippen LogP contribution in [0.2, 0.25) is 0 Å². The molecule has 0 radical (unpaired) electrons. The lowest BCUT2D eigenvalue weighted by Crippen LogP contribution is -2.31. The van der Waals surface area contributed by atoms with Crippen molar-refractivity contribution in [2.75, 3.05) is 5.75 Å². The number of nitrogens with one attached hydrogen (secondary N) is 1. The molecule has 2 aromatic carbocycles. The van der Waals surface area contributed by atoms with Crippen molar-refractivity contribution in [1.29, 1.82) is 0 Å². The highest BCUT2D eigenvalue weighted by molar-refractivity contribution is 7.99. The molecule has 0 saturated carbocycles. The average Bonchev–Trinajstić information content (AvgIpc) is 3.14. The Bertz CT molecular complexity index is 1280. The number of rotatable bonds is 6. The van der Waals surface area contributed by atoms with E-state index in [0.29, 0.717) is 22.1 Å². The fourth-order valence-corrected chi connectivity index (χ4v) is 3.62. The zero-order valence-corrected chi connectivity index (χ0v) is 16.9. The molecular formula is C20H15F2N5O3S. The van der Waals surface area contributed by atoms with Crippen LogP contribution in [0.5, 0.6) is 5.75 Å². The number of carbonyl (C=O) groups excluding carboxylic acids is 2. The maximum atomic E-state index is 12.3. The summed E-state index contributed by atoms with van der Waals surface area (Å²) in [6.07, 6.45) is 0. The van der Waals surface area contributed by atoms with Gasteiger partial charge in [-0.2, -0.15) is 13.3 Å². The zero-order chi connectivity index (χ0) is 22.0. The number of aryl methyl sites for hydroxylation is 1. The van der Waals surface area contributed by atoms with E-state index in [4.69, 9.17) is 0 Å². The van der Waals surface area contributed by atoms with E-state index in [9.17, 15) is 18.4 Å². The lowest BCUT2D eigenvalue weighted by Gasteiger charge is -2.07. The number of hydrogen-bond donors (Lipinski definition) is 1. The second-order valence-electron chi connectivity index (χ2n) is 6.37. The molecule has 0 aliphatic carbocycles. The van der Waals surface area contributed by atoms with Crippen molar-refractivity contribution in [2.24, 2.45) is 0 Å². The molecule has 0 unspecified atom stereocenters. The fraction of sp³-hybridized carbons (Fsp3) is 0.150. The first-order chi connectivity index (χ1) is 14.9. The number of fused-ring (bicyclic) bond motifs is 3. The first-order valence-electron chi connectivity index (χ1n) is 9.04. The van der Waals surface area contributed by atoms with Crippen molar-refractivity contribution in [3.8, 4) is 5.75 Å². The van der Waals surface area contributed by atoms with Crippen molar-refractivity contribution < 1.29 is 23.1 Å². The molecule has 0 aliphatic rings. The summed E-state index contributed by atoms with van der Waals surface area (Å²) in [6.45, 7) is -1.19. The fourth-order valence-electron chi connectivity index (χ4n) is 2.88. The van der Waals surface area contributed by atoms with Gasteiger partial charge in [-0.05, 0) is 43.3 Å². The van der Waals surface area contributed by atoms with Crippen LogP contribution in [0.25, 0.3) is 16.6 Å². The number of hydrogen-bond acceptors (Lipinski definition) is 7. The van der Waals surface area contributed by atoms with Crippen LogP contribution in [0.3, 0.4) is 0 Å². The summed E-state index contributed by atoms with van der Waals surface area (Å²) in [5.41, 5.74) is 1.48. The summed E-state index contributed by atoms with van der Waals surface area (Å²) < 4.78 is 30.2. The number of carbonyl (C=O) groups is 2. The lowest BCUT2D eigenvalue weighted by molar-refractivity contribution is -0.117. The zero-order valence-electron chi connectivity index (χ0n) is 16.1. The summed E-state index contributed by atoms with van der Waals surface area (Å²) in [5.74, 6) is -0.787. The second kappa shape index (κ2) is 8.64. The third-order valence-corrected chi connectivity index (χ3v) is 5.11. The molecular weight excluding hydrogens is 428 g/mol. The van der Waals surface area contributed by atoms with E-state index in [2.05, 4.69) is 25.1 Å². The number of thioether (sulfide) groups is 1. The molecule has 2 heterocycles. The highest BCUT2D eigenvalue weighted by Crippen LogP contribution is 2.23. The molecule has 158 valence electrons. The molecule has 2 aromatic heterocycles. The van der Waals surface area contributed by atoms with Crippen molar-refractivity contribution >= 4 is 40.1 Å². The first kappa shape index (κ1) is 20.7. The molecule has 4 rings (SSSR count). The van der Waals surface area contributed by atoms with Crippen LogP contribution in [0.1, 0.15) is 16.2 Å². The number of aromatic nitrogens is 4. The average molecular weight is 443 g/mol. The van der Waals surface area contributed by atoms with Gasteiger partial charge in [0.15, 0.2) is 10.8 Å². The Hall–Kier alpha value is -3.60. The molecule has 0 atom stereocenters. The largest absolute Gasteiger partial charge is 0.435 e. The Kier molecular flexibility index (Phi) is 5.76. The summed E-state index contributed by atoms with van der Waals surface area (Å²) >= 11 is 1.11. The first-order valence-corrected chi connectivity index (χ1v) is 10.0. The highest BCUT2D eigenvalue weighted by atomic mass is 32.2. The third-order valence-electron chi connectivity index (χ3n) is 4.18. The highest BCUT2D eigenvalue weighted by Gasteiger charge is 2.16. The second-order valence-corrected chi connectivity index (χ2v) is 7.32. The third kappa shape index (κ3) is 4.61. The number of amides is 2. The summed E-state index contributed by atoms with van der Waals surface area (Å²) in [4.78, 5) is 33.5. The van der Waals surface area contributed by atoms with Gasteiger partial charge >= 0.3 is 6.61 Å². The van der Waals surface area contributed by atoms with Gasteiger partial charge in [0, 0.05) is 10.9 Å². The minimum absolute atomic E-state index is 0.0806. The Labute approximate surface area is 178 Å². The molecule has 0 fully saturated rings. The van der Waals surface area contributed by atoms with Gasteiger partial charge in [-0.3, -0.25) is 14.9 Å². The Morgan fingerprint density at radius 3 is 2.61 bits per heavy atom. The monoisotopic (exact) mass is 443 g/mol. The Balaban J connectivity index is 1.45. The maximum Gasteiger partial charge on any atom is 0.387 e. The standard InChI is InChI=1S/C20H15F2N5O3S/c1-11-23-17-14-4-2-3-5-15(14)24-20(27(17)26-11)31-10-16(28)25-18(29)12-6-8-13(9-7-12)30-19(21)22/h2-9,19H,10H2,1H3,(H,25,28,29). The minimum atomic E-state index is -2.96. The molecule has 31 heavy (non-hydrogen) atoms. The number of nitrogens with zero attached hydrogens (tertiary/aromatic N) is 4. The van der Waals surface area contributed by atoms with Gasteiger partial charge in [-0.1, -0.05) is 23.9 Å². The van der Waals surface area contributed by atoms with Crippen LogP contribution in [0.15, 0.2) is 53.7 Å². The quantitative estimate of drug-likeness (QED) is 0.361. The maximum absolute atomic E-state index is 12.3. The molecule has 0 spiro atoms. The normalized spacial score (nSPS) is 11.2. The van der Waals surface area contributed by atoms with E-state index in [1.165, 1.54) is 24.3 Å². The number of para-hydroxylation sites is 1. The van der Waals surface area contributed by atoms with Crippen LogP contribution in [-0.2, 0) is 4.79 Å². The van der Waals surface area contributed by atoms with E-state index in [0.717, 1.165) is 17.1 Å². The van der Waals surface area contributed by atoms with Crippen molar-refractivity contribution in [1.82, 2.24) is 24.9 Å². The van der Waals surface area contributed by atoms with Gasteiger partial charge in [0.05, 0.1) is 11.3 Å². The van der Waals surface area contributed by atoms with Gasteiger partial charge in [-0.25, -0.2) is 9.97 Å². The van der Waals surface area contributed by atoms with Crippen molar-refractivity contribution in [2.45, 2.75) is 18.7 Å². The van der Waals surface area contributed by atoms with E-state index in [1.807, 2.05) is 24.3 Å². The van der Waals surface area contributed by atoms with Crippen LogP contribution < -0.4 is 10.1 Å². The lowest BCUT2D eigenvalue weighted by atomic mass is 10.2. The Morgan fingerprint density at radius 2 is 1.87 bits per heavy atom. The van der Waals surface area contributed by atoms with Crippen molar-refractivity contribution in [3.63, 3.8) is 0 Å². The minimum Gasteiger partial charge on any atom is -0.435 e. The number of alkyl halides is 2. The topological polar surface area (TPSA) is 98.5 Å². The summed E-state index contributed by atoms with van der Waals surface area (Å²) in [6, 6.07) is 12.5. The number of benzene rings is 2. The number of ether oxygens (including phenoxy) is 1. The summed E-state index contributed by atoms with van der Waals surface area (Å²) in [7, 11) is 0. The van der Waals surface area contributed by atoms with Crippen molar-refractivity contribution in [3.05, 3.63) is 59.9 Å². The molecule has 4 aromatic rings. The molecule has 0 aliphatic heterocycles. The molecule has 2 amide bonds.